The zero-order chi connectivity index (χ0) is 25.3. The Balaban J connectivity index is 1.58. The first-order chi connectivity index (χ1) is 16.7. The van der Waals surface area contributed by atoms with E-state index in [1.54, 1.807) is 42.5 Å². The summed E-state index contributed by atoms with van der Waals surface area (Å²) in [5.74, 6) is -0.965. The lowest BCUT2D eigenvalue weighted by molar-refractivity contribution is -0.136. The maximum absolute atomic E-state index is 14.1. The molecule has 0 saturated heterocycles. The van der Waals surface area contributed by atoms with E-state index in [0.717, 1.165) is 11.6 Å². The van der Waals surface area contributed by atoms with Crippen LogP contribution >= 0.6 is 0 Å². The average Bonchev–Trinajstić information content (AvgIpc) is 2.82. The number of rotatable bonds is 12. The molecule has 3 rings (SSSR count). The van der Waals surface area contributed by atoms with Gasteiger partial charge in [-0.3, -0.25) is 9.52 Å². The highest BCUT2D eigenvalue weighted by Crippen LogP contribution is 2.21. The Morgan fingerprint density at radius 2 is 1.77 bits per heavy atom. The summed E-state index contributed by atoms with van der Waals surface area (Å²) in [5.41, 5.74) is 1.20. The molecule has 184 valence electrons. The Bertz CT molecular complexity index is 1280. The van der Waals surface area contributed by atoms with E-state index in [2.05, 4.69) is 4.72 Å². The second-order valence-corrected chi connectivity index (χ2v) is 9.44. The van der Waals surface area contributed by atoms with Crippen molar-refractivity contribution < 1.29 is 32.6 Å². The predicted molar refractivity (Wildman–Crippen MR) is 131 cm³/mol. The number of carbonyl (C=O) groups is 1. The Morgan fingerprint density at radius 1 is 1.06 bits per heavy atom. The summed E-state index contributed by atoms with van der Waals surface area (Å²) < 4.78 is 47.1. The molecule has 0 saturated carbocycles. The van der Waals surface area contributed by atoms with Gasteiger partial charge < -0.3 is 14.9 Å². The highest BCUT2D eigenvalue weighted by atomic mass is 32.2. The first kappa shape index (κ1) is 25.9. The number of aryl methyl sites for hydroxylation is 1. The van der Waals surface area contributed by atoms with Crippen LogP contribution in [0.3, 0.4) is 0 Å². The molecular formula is C26H26FNO6S. The minimum absolute atomic E-state index is 0.0110. The van der Waals surface area contributed by atoms with Gasteiger partial charge in [-0.05, 0) is 53.9 Å². The molecule has 0 heterocycles. The number of anilines is 1. The summed E-state index contributed by atoms with van der Waals surface area (Å²) in [7, 11) is -3.87. The van der Waals surface area contributed by atoms with Crippen molar-refractivity contribution in [2.45, 2.75) is 30.3 Å². The van der Waals surface area contributed by atoms with E-state index in [-0.39, 0.29) is 30.0 Å². The first-order valence-corrected chi connectivity index (χ1v) is 12.4. The van der Waals surface area contributed by atoms with Crippen molar-refractivity contribution in [1.82, 2.24) is 0 Å². The van der Waals surface area contributed by atoms with E-state index in [0.29, 0.717) is 17.7 Å². The summed E-state index contributed by atoms with van der Waals surface area (Å²) in [5, 5.41) is 19.1. The number of benzene rings is 3. The van der Waals surface area contributed by atoms with Gasteiger partial charge in [-0.15, -0.1) is 0 Å². The van der Waals surface area contributed by atoms with Crippen molar-refractivity contribution in [2.75, 3.05) is 11.3 Å². The van der Waals surface area contributed by atoms with Crippen molar-refractivity contribution >= 4 is 27.8 Å². The number of hydrogen-bond donors (Lipinski definition) is 3. The van der Waals surface area contributed by atoms with Gasteiger partial charge in [-0.1, -0.05) is 48.6 Å². The molecule has 0 fully saturated rings. The molecule has 0 radical (unpaired) electrons. The summed E-state index contributed by atoms with van der Waals surface area (Å²) in [4.78, 5) is 10.9. The number of aliphatic hydroxyl groups excluding tert-OH is 1. The number of hydrogen-bond acceptors (Lipinski definition) is 5. The quantitative estimate of drug-likeness (QED) is 0.339. The fourth-order valence-electron chi connectivity index (χ4n) is 3.28. The van der Waals surface area contributed by atoms with E-state index in [4.69, 9.17) is 9.84 Å². The number of aliphatic hydroxyl groups is 1. The highest BCUT2D eigenvalue weighted by molar-refractivity contribution is 7.92. The summed E-state index contributed by atoms with van der Waals surface area (Å²) in [6.45, 7) is 0.181. The van der Waals surface area contributed by atoms with E-state index in [1.165, 1.54) is 36.4 Å². The fourth-order valence-corrected chi connectivity index (χ4v) is 4.34. The van der Waals surface area contributed by atoms with Gasteiger partial charge in [0.1, 0.15) is 11.6 Å². The lowest BCUT2D eigenvalue weighted by atomic mass is 10.1. The van der Waals surface area contributed by atoms with Crippen molar-refractivity contribution in [1.29, 1.82) is 0 Å². The third kappa shape index (κ3) is 8.24. The lowest BCUT2D eigenvalue weighted by Crippen LogP contribution is -2.13. The Kier molecular flexibility index (Phi) is 8.99. The van der Waals surface area contributed by atoms with Crippen LogP contribution in [0.4, 0.5) is 10.1 Å². The number of carboxylic acids is 1. The van der Waals surface area contributed by atoms with Crippen molar-refractivity contribution in [2.24, 2.45) is 0 Å². The summed E-state index contributed by atoms with van der Waals surface area (Å²) in [6.07, 6.45) is 2.63. The molecule has 1 atom stereocenters. The largest absolute Gasteiger partial charge is 0.493 e. The van der Waals surface area contributed by atoms with Crippen LogP contribution in [-0.2, 0) is 21.2 Å². The maximum atomic E-state index is 14.1. The average molecular weight is 500 g/mol. The Morgan fingerprint density at radius 3 is 2.51 bits per heavy atom. The minimum atomic E-state index is -3.87. The monoisotopic (exact) mass is 499 g/mol. The molecule has 0 aromatic heterocycles. The van der Waals surface area contributed by atoms with E-state index in [9.17, 15) is 22.7 Å². The molecule has 0 aliphatic rings. The molecule has 3 aromatic rings. The number of ether oxygens (including phenoxy) is 1. The molecule has 35 heavy (non-hydrogen) atoms. The van der Waals surface area contributed by atoms with E-state index in [1.807, 2.05) is 0 Å². The second-order valence-electron chi connectivity index (χ2n) is 7.76. The van der Waals surface area contributed by atoms with Crippen LogP contribution in [0.2, 0.25) is 0 Å². The molecule has 0 aliphatic carbocycles. The Labute approximate surface area is 203 Å². The van der Waals surface area contributed by atoms with Gasteiger partial charge in [0.25, 0.3) is 10.0 Å². The number of nitrogens with one attached hydrogen (secondary N) is 1. The standard InChI is InChI=1S/C26H26FNO6S/c27-21-16-19(17-22(18-21)28-35(32,33)24-7-2-1-3-8-24)10-12-23(29)14-15-34-25-9-5-4-6-20(25)11-13-26(30)31/h1-10,12,16-18,23,28-29H,11,13-15H2,(H,30,31)/b12-10+/t23-/m0/s1. The van der Waals surface area contributed by atoms with Crippen molar-refractivity contribution in [3.8, 4) is 5.75 Å². The zero-order valence-corrected chi connectivity index (χ0v) is 19.6. The van der Waals surface area contributed by atoms with E-state index < -0.39 is 27.9 Å². The molecule has 3 aromatic carbocycles. The van der Waals surface area contributed by atoms with Crippen LogP contribution in [0, 0.1) is 5.82 Å². The molecular weight excluding hydrogens is 473 g/mol. The van der Waals surface area contributed by atoms with Gasteiger partial charge in [-0.2, -0.15) is 0 Å². The van der Waals surface area contributed by atoms with Gasteiger partial charge in [0.2, 0.25) is 0 Å². The Hall–Kier alpha value is -3.69. The SMILES string of the molecule is O=C(O)CCc1ccccc1OCC[C@@H](O)/C=C/c1cc(F)cc(NS(=O)(=O)c2ccccc2)c1. The smallest absolute Gasteiger partial charge is 0.303 e. The minimum Gasteiger partial charge on any atom is -0.493 e. The fraction of sp³-hybridized carbons (Fsp3) is 0.192. The van der Waals surface area contributed by atoms with Crippen LogP contribution in [0.25, 0.3) is 6.08 Å². The first-order valence-electron chi connectivity index (χ1n) is 10.9. The molecule has 0 amide bonds. The summed E-state index contributed by atoms with van der Waals surface area (Å²) in [6, 6.07) is 18.6. The third-order valence-corrected chi connectivity index (χ3v) is 6.39. The molecule has 9 heteroatoms. The molecule has 0 aliphatic heterocycles. The number of halogens is 1. The topological polar surface area (TPSA) is 113 Å². The molecule has 0 spiro atoms. The lowest BCUT2D eigenvalue weighted by Gasteiger charge is -2.12. The second kappa shape index (κ2) is 12.1. The number of carboxylic acid groups (broad SMARTS) is 1. The maximum Gasteiger partial charge on any atom is 0.303 e. The van der Waals surface area contributed by atoms with Crippen LogP contribution in [0.1, 0.15) is 24.0 Å². The van der Waals surface area contributed by atoms with Crippen LogP contribution < -0.4 is 9.46 Å². The normalized spacial score (nSPS) is 12.4. The zero-order valence-electron chi connectivity index (χ0n) is 18.8. The third-order valence-electron chi connectivity index (χ3n) is 4.99. The number of sulfonamides is 1. The molecule has 0 bridgehead atoms. The summed E-state index contributed by atoms with van der Waals surface area (Å²) >= 11 is 0. The number of para-hydroxylation sites is 1. The van der Waals surface area contributed by atoms with Crippen LogP contribution in [0.5, 0.6) is 5.75 Å². The molecule has 0 unspecified atom stereocenters. The van der Waals surface area contributed by atoms with E-state index >= 15 is 0 Å². The van der Waals surface area contributed by atoms with Gasteiger partial charge in [0.15, 0.2) is 0 Å². The molecule has 3 N–H and O–H groups in total. The van der Waals surface area contributed by atoms with Gasteiger partial charge in [0.05, 0.1) is 23.3 Å². The van der Waals surface area contributed by atoms with Gasteiger partial charge in [-0.25, -0.2) is 12.8 Å². The predicted octanol–water partition coefficient (Wildman–Crippen LogP) is 4.49. The van der Waals surface area contributed by atoms with Crippen LogP contribution in [0.15, 0.2) is 83.8 Å². The van der Waals surface area contributed by atoms with Crippen molar-refractivity contribution in [3.05, 3.63) is 95.8 Å². The number of aliphatic carboxylic acids is 1. The highest BCUT2D eigenvalue weighted by Gasteiger charge is 2.14. The van der Waals surface area contributed by atoms with Gasteiger partial charge >= 0.3 is 5.97 Å². The molecule has 7 nitrogen and oxygen atoms in total. The van der Waals surface area contributed by atoms with Gasteiger partial charge in [0, 0.05) is 12.8 Å². The van der Waals surface area contributed by atoms with Crippen LogP contribution in [-0.4, -0.2) is 37.3 Å². The van der Waals surface area contributed by atoms with Crippen molar-refractivity contribution in [3.63, 3.8) is 0 Å².